The van der Waals surface area contributed by atoms with Gasteiger partial charge >= 0.3 is 0 Å². The van der Waals surface area contributed by atoms with E-state index in [2.05, 4.69) is 17.2 Å². The molecule has 0 spiro atoms. The second-order valence-electron chi connectivity index (χ2n) is 4.43. The molecule has 1 amide bonds. The summed E-state index contributed by atoms with van der Waals surface area (Å²) < 4.78 is 0. The predicted molar refractivity (Wildman–Crippen MR) is 72.4 cm³/mol. The lowest BCUT2D eigenvalue weighted by Gasteiger charge is -2.09. The van der Waals surface area contributed by atoms with Gasteiger partial charge in [-0.15, -0.1) is 0 Å². The van der Waals surface area contributed by atoms with Gasteiger partial charge in [0.1, 0.15) is 0 Å². The van der Waals surface area contributed by atoms with Crippen molar-refractivity contribution in [2.24, 2.45) is 0 Å². The number of hydrogen-bond acceptors (Lipinski definition) is 2. The molecule has 0 atom stereocenters. The number of amides is 1. The quantitative estimate of drug-likeness (QED) is 0.799. The summed E-state index contributed by atoms with van der Waals surface area (Å²) in [7, 11) is 0. The number of hydrogen-bond donors (Lipinski definition) is 2. The van der Waals surface area contributed by atoms with Crippen molar-refractivity contribution in [3.63, 3.8) is 0 Å². The Labute approximate surface area is 108 Å². The van der Waals surface area contributed by atoms with Crippen molar-refractivity contribution in [1.82, 2.24) is 5.32 Å². The Balaban J connectivity index is 2.86. The van der Waals surface area contributed by atoms with Crippen LogP contribution in [0.4, 0.5) is 0 Å². The number of carbonyl (C=O) groups is 1. The third kappa shape index (κ3) is 4.23. The molecule has 1 aromatic rings. The SMILES string of the molecule is Cc1cc(C(=O)NC(C)C)ccc1C#CCCO. The van der Waals surface area contributed by atoms with Crippen LogP contribution in [0.15, 0.2) is 18.2 Å². The number of nitrogens with one attached hydrogen (secondary N) is 1. The summed E-state index contributed by atoms with van der Waals surface area (Å²) in [6, 6.07) is 5.57. The largest absolute Gasteiger partial charge is 0.395 e. The molecular weight excluding hydrogens is 226 g/mol. The minimum atomic E-state index is -0.0667. The van der Waals surface area contributed by atoms with E-state index in [-0.39, 0.29) is 18.6 Å². The van der Waals surface area contributed by atoms with E-state index < -0.39 is 0 Å². The number of rotatable bonds is 3. The van der Waals surface area contributed by atoms with Gasteiger partial charge in [-0.3, -0.25) is 4.79 Å². The van der Waals surface area contributed by atoms with Crippen molar-refractivity contribution in [3.8, 4) is 11.8 Å². The van der Waals surface area contributed by atoms with E-state index in [0.29, 0.717) is 12.0 Å². The average molecular weight is 245 g/mol. The van der Waals surface area contributed by atoms with Crippen LogP contribution in [0.5, 0.6) is 0 Å². The molecule has 96 valence electrons. The third-order valence-electron chi connectivity index (χ3n) is 2.37. The summed E-state index contributed by atoms with van der Waals surface area (Å²) in [4.78, 5) is 11.8. The zero-order chi connectivity index (χ0) is 13.5. The van der Waals surface area contributed by atoms with E-state index in [9.17, 15) is 4.79 Å². The van der Waals surface area contributed by atoms with Gasteiger partial charge in [-0.2, -0.15) is 0 Å². The zero-order valence-electron chi connectivity index (χ0n) is 11.1. The van der Waals surface area contributed by atoms with Gasteiger partial charge in [-0.05, 0) is 44.5 Å². The highest BCUT2D eigenvalue weighted by atomic mass is 16.2. The molecule has 2 N–H and O–H groups in total. The first-order chi connectivity index (χ1) is 8.54. The van der Waals surface area contributed by atoms with Crippen LogP contribution >= 0.6 is 0 Å². The Morgan fingerprint density at radius 1 is 1.44 bits per heavy atom. The van der Waals surface area contributed by atoms with Crippen LogP contribution in [0, 0.1) is 18.8 Å². The summed E-state index contributed by atoms with van der Waals surface area (Å²) in [5, 5.41) is 11.5. The molecule has 18 heavy (non-hydrogen) atoms. The number of aliphatic hydroxyl groups is 1. The maximum Gasteiger partial charge on any atom is 0.251 e. The zero-order valence-corrected chi connectivity index (χ0v) is 11.1. The topological polar surface area (TPSA) is 49.3 Å². The molecule has 0 radical (unpaired) electrons. The molecule has 0 aromatic heterocycles. The summed E-state index contributed by atoms with van der Waals surface area (Å²) in [6.07, 6.45) is 0.467. The second-order valence-corrected chi connectivity index (χ2v) is 4.43. The van der Waals surface area contributed by atoms with E-state index in [1.165, 1.54) is 0 Å². The number of carbonyl (C=O) groups excluding carboxylic acids is 1. The highest BCUT2D eigenvalue weighted by Gasteiger charge is 2.07. The fourth-order valence-electron chi connectivity index (χ4n) is 1.50. The van der Waals surface area contributed by atoms with Crippen LogP contribution < -0.4 is 5.32 Å². The van der Waals surface area contributed by atoms with Crippen LogP contribution in [0.2, 0.25) is 0 Å². The van der Waals surface area contributed by atoms with Gasteiger partial charge in [0.05, 0.1) is 6.61 Å². The van der Waals surface area contributed by atoms with E-state index in [1.54, 1.807) is 6.07 Å². The Morgan fingerprint density at radius 3 is 2.72 bits per heavy atom. The smallest absolute Gasteiger partial charge is 0.251 e. The van der Waals surface area contributed by atoms with Gasteiger partial charge in [0.15, 0.2) is 0 Å². The number of benzene rings is 1. The van der Waals surface area contributed by atoms with Gasteiger partial charge in [0.2, 0.25) is 0 Å². The molecule has 0 saturated carbocycles. The minimum absolute atomic E-state index is 0.0667. The van der Waals surface area contributed by atoms with Crippen molar-refractivity contribution < 1.29 is 9.90 Å². The first kappa shape index (κ1) is 14.3. The van der Waals surface area contributed by atoms with Crippen molar-refractivity contribution in [1.29, 1.82) is 0 Å². The molecule has 3 heteroatoms. The van der Waals surface area contributed by atoms with Gasteiger partial charge < -0.3 is 10.4 Å². The van der Waals surface area contributed by atoms with Crippen molar-refractivity contribution >= 4 is 5.91 Å². The minimum Gasteiger partial charge on any atom is -0.395 e. The molecule has 0 unspecified atom stereocenters. The molecular formula is C15H19NO2. The van der Waals surface area contributed by atoms with E-state index in [0.717, 1.165) is 11.1 Å². The van der Waals surface area contributed by atoms with E-state index in [4.69, 9.17) is 5.11 Å². The van der Waals surface area contributed by atoms with Crippen LogP contribution in [-0.4, -0.2) is 23.7 Å². The van der Waals surface area contributed by atoms with Crippen LogP contribution in [0.25, 0.3) is 0 Å². The predicted octanol–water partition coefficient (Wildman–Crippen LogP) is 1.87. The van der Waals surface area contributed by atoms with Gasteiger partial charge in [-0.25, -0.2) is 0 Å². The summed E-state index contributed by atoms with van der Waals surface area (Å²) >= 11 is 0. The van der Waals surface area contributed by atoms with Crippen molar-refractivity contribution in [2.45, 2.75) is 33.2 Å². The van der Waals surface area contributed by atoms with Crippen molar-refractivity contribution in [2.75, 3.05) is 6.61 Å². The lowest BCUT2D eigenvalue weighted by Crippen LogP contribution is -2.30. The highest BCUT2D eigenvalue weighted by molar-refractivity contribution is 5.94. The molecule has 1 rings (SSSR count). The van der Waals surface area contributed by atoms with Gasteiger partial charge in [0.25, 0.3) is 5.91 Å². The standard InChI is InChI=1S/C15H19NO2/c1-11(2)16-15(18)14-8-7-13(12(3)10-14)6-4-5-9-17/h7-8,10-11,17H,5,9H2,1-3H3,(H,16,18). The molecule has 0 aliphatic rings. The van der Waals surface area contributed by atoms with Gasteiger partial charge in [-0.1, -0.05) is 11.8 Å². The first-order valence-corrected chi connectivity index (χ1v) is 6.06. The van der Waals surface area contributed by atoms with Crippen LogP contribution in [-0.2, 0) is 0 Å². The Hall–Kier alpha value is -1.79. The number of aryl methyl sites for hydroxylation is 1. The summed E-state index contributed by atoms with van der Waals surface area (Å²) in [5.41, 5.74) is 2.51. The molecule has 0 fully saturated rings. The van der Waals surface area contributed by atoms with Crippen LogP contribution in [0.3, 0.4) is 0 Å². The molecule has 0 heterocycles. The van der Waals surface area contributed by atoms with E-state index in [1.807, 2.05) is 32.9 Å². The first-order valence-electron chi connectivity index (χ1n) is 6.06. The maximum absolute atomic E-state index is 11.8. The van der Waals surface area contributed by atoms with Crippen LogP contribution in [0.1, 0.15) is 41.8 Å². The fraction of sp³-hybridized carbons (Fsp3) is 0.400. The maximum atomic E-state index is 11.8. The molecule has 0 aliphatic heterocycles. The van der Waals surface area contributed by atoms with Crippen molar-refractivity contribution in [3.05, 3.63) is 34.9 Å². The van der Waals surface area contributed by atoms with E-state index >= 15 is 0 Å². The molecule has 0 aliphatic carbocycles. The molecule has 1 aromatic carbocycles. The Bertz CT molecular complexity index is 481. The Morgan fingerprint density at radius 2 is 2.17 bits per heavy atom. The third-order valence-corrected chi connectivity index (χ3v) is 2.37. The Kier molecular flexibility index (Phi) is 5.41. The lowest BCUT2D eigenvalue weighted by molar-refractivity contribution is 0.0943. The second kappa shape index (κ2) is 6.83. The molecule has 0 bridgehead atoms. The highest BCUT2D eigenvalue weighted by Crippen LogP contribution is 2.10. The molecule has 0 saturated heterocycles. The lowest BCUT2D eigenvalue weighted by atomic mass is 10.0. The molecule has 3 nitrogen and oxygen atoms in total. The fourth-order valence-corrected chi connectivity index (χ4v) is 1.50. The summed E-state index contributed by atoms with van der Waals surface area (Å²) in [6.45, 7) is 5.86. The monoisotopic (exact) mass is 245 g/mol. The average Bonchev–Trinajstić information content (AvgIpc) is 2.30. The summed E-state index contributed by atoms with van der Waals surface area (Å²) in [5.74, 6) is 5.78. The number of aliphatic hydroxyl groups excluding tert-OH is 1. The van der Waals surface area contributed by atoms with Gasteiger partial charge in [0, 0.05) is 23.6 Å². The normalized spacial score (nSPS) is 9.83.